The number of thiophene rings is 2. The fraction of sp³-hybridized carbons (Fsp3) is 0.400. The van der Waals surface area contributed by atoms with Crippen LogP contribution < -0.4 is 5.32 Å². The first kappa shape index (κ1) is 14.3. The van der Waals surface area contributed by atoms with Crippen molar-refractivity contribution < 1.29 is 0 Å². The van der Waals surface area contributed by atoms with Crippen LogP contribution in [0.2, 0.25) is 0 Å². The summed E-state index contributed by atoms with van der Waals surface area (Å²) in [6.07, 6.45) is 0. The predicted molar refractivity (Wildman–Crippen MR) is 82.5 cm³/mol. The van der Waals surface area contributed by atoms with Crippen molar-refractivity contribution in [3.05, 3.63) is 44.3 Å². The molecule has 2 rings (SSSR count). The molecule has 0 aliphatic carbocycles. The number of nitrogens with one attached hydrogen (secondary N) is 1. The second-order valence-corrected chi connectivity index (χ2v) is 7.62. The molecule has 1 atom stereocenters. The van der Waals surface area contributed by atoms with Crippen LogP contribution in [-0.2, 0) is 12.0 Å². The summed E-state index contributed by atoms with van der Waals surface area (Å²) in [6.45, 7) is 7.34. The molecule has 19 heavy (non-hydrogen) atoms. The average molecular weight is 290 g/mol. The number of nitrogens with zero attached hydrogens (tertiary/aromatic N) is 1. The highest BCUT2D eigenvalue weighted by Crippen LogP contribution is 2.32. The fourth-order valence-electron chi connectivity index (χ4n) is 1.74. The maximum atomic E-state index is 9.32. The molecule has 0 spiro atoms. The van der Waals surface area contributed by atoms with Crippen LogP contribution in [0.15, 0.2) is 29.6 Å². The summed E-state index contributed by atoms with van der Waals surface area (Å²) in [5.74, 6) is 0. The smallest absolute Gasteiger partial charge is 0.130 e. The van der Waals surface area contributed by atoms with Gasteiger partial charge in [-0.1, -0.05) is 26.8 Å². The summed E-state index contributed by atoms with van der Waals surface area (Å²) in [5, 5.41) is 14.7. The molecule has 0 radical (unpaired) electrons. The largest absolute Gasteiger partial charge is 0.293 e. The van der Waals surface area contributed by atoms with Crippen molar-refractivity contribution in [1.82, 2.24) is 5.32 Å². The van der Waals surface area contributed by atoms with Crippen molar-refractivity contribution in [2.24, 2.45) is 0 Å². The van der Waals surface area contributed by atoms with Gasteiger partial charge in [0.1, 0.15) is 6.04 Å². The van der Waals surface area contributed by atoms with Gasteiger partial charge in [0.2, 0.25) is 0 Å². The van der Waals surface area contributed by atoms with Crippen molar-refractivity contribution in [2.45, 2.75) is 38.8 Å². The van der Waals surface area contributed by atoms with Crippen LogP contribution >= 0.6 is 22.7 Å². The van der Waals surface area contributed by atoms with E-state index in [-0.39, 0.29) is 11.5 Å². The topological polar surface area (TPSA) is 35.8 Å². The van der Waals surface area contributed by atoms with Gasteiger partial charge in [0.05, 0.1) is 6.07 Å². The molecule has 2 heterocycles. The zero-order valence-electron chi connectivity index (χ0n) is 11.4. The molecule has 1 N–H and O–H groups in total. The van der Waals surface area contributed by atoms with Crippen molar-refractivity contribution >= 4 is 22.7 Å². The van der Waals surface area contributed by atoms with Gasteiger partial charge in [0.25, 0.3) is 0 Å². The number of rotatable bonds is 4. The number of hydrogen-bond donors (Lipinski definition) is 1. The summed E-state index contributed by atoms with van der Waals surface area (Å²) >= 11 is 3.44. The van der Waals surface area contributed by atoms with Gasteiger partial charge in [0.15, 0.2) is 0 Å². The lowest BCUT2D eigenvalue weighted by molar-refractivity contribution is 0.604. The molecule has 0 amide bonds. The van der Waals surface area contributed by atoms with E-state index in [1.165, 1.54) is 9.75 Å². The minimum absolute atomic E-state index is 0.149. The van der Waals surface area contributed by atoms with E-state index in [1.54, 1.807) is 22.7 Å². The molecule has 0 aliphatic heterocycles. The Labute approximate surface area is 122 Å². The Balaban J connectivity index is 2.06. The molecule has 100 valence electrons. The van der Waals surface area contributed by atoms with Gasteiger partial charge in [-0.3, -0.25) is 5.32 Å². The molecule has 0 aromatic carbocycles. The van der Waals surface area contributed by atoms with Crippen molar-refractivity contribution in [2.75, 3.05) is 0 Å². The molecule has 0 saturated carbocycles. The van der Waals surface area contributed by atoms with Crippen LogP contribution in [0.4, 0.5) is 0 Å². The highest BCUT2D eigenvalue weighted by molar-refractivity contribution is 7.12. The molecule has 0 aliphatic rings. The van der Waals surface area contributed by atoms with E-state index >= 15 is 0 Å². The number of hydrogen-bond acceptors (Lipinski definition) is 4. The molecule has 4 heteroatoms. The standard InChI is InChI=1S/C15H18N2S2/c1-15(2,3)14-7-6-13(19-14)12(9-16)17-10-11-5-4-8-18-11/h4-8,12,17H,10H2,1-3H3. The van der Waals surface area contributed by atoms with Gasteiger partial charge in [0, 0.05) is 21.2 Å². The van der Waals surface area contributed by atoms with E-state index < -0.39 is 0 Å². The zero-order valence-corrected chi connectivity index (χ0v) is 13.1. The van der Waals surface area contributed by atoms with Gasteiger partial charge >= 0.3 is 0 Å². The van der Waals surface area contributed by atoms with Crippen LogP contribution in [0.25, 0.3) is 0 Å². The molecular formula is C15H18N2S2. The predicted octanol–water partition coefficient (Wildman–Crippen LogP) is 4.46. The maximum absolute atomic E-state index is 9.32. The van der Waals surface area contributed by atoms with E-state index in [9.17, 15) is 5.26 Å². The molecule has 0 bridgehead atoms. The summed E-state index contributed by atoms with van der Waals surface area (Å²) < 4.78 is 0. The summed E-state index contributed by atoms with van der Waals surface area (Å²) in [4.78, 5) is 3.68. The summed E-state index contributed by atoms with van der Waals surface area (Å²) in [5.41, 5.74) is 0.149. The molecule has 2 aromatic rings. The number of nitriles is 1. The van der Waals surface area contributed by atoms with Crippen LogP contribution in [-0.4, -0.2) is 0 Å². The molecule has 2 aromatic heterocycles. The van der Waals surface area contributed by atoms with Crippen LogP contribution in [0, 0.1) is 11.3 Å². The lowest BCUT2D eigenvalue weighted by atomic mass is 9.95. The minimum Gasteiger partial charge on any atom is -0.293 e. The first-order chi connectivity index (χ1) is 9.00. The van der Waals surface area contributed by atoms with Crippen LogP contribution in [0.3, 0.4) is 0 Å². The van der Waals surface area contributed by atoms with Crippen molar-refractivity contribution in [1.29, 1.82) is 5.26 Å². The molecule has 1 unspecified atom stereocenters. The third-order valence-electron chi connectivity index (χ3n) is 2.84. The third kappa shape index (κ3) is 3.66. The second kappa shape index (κ2) is 5.87. The average Bonchev–Trinajstić information content (AvgIpc) is 2.98. The van der Waals surface area contributed by atoms with Gasteiger partial charge in [-0.25, -0.2) is 0 Å². The van der Waals surface area contributed by atoms with Crippen molar-refractivity contribution in [3.8, 4) is 6.07 Å². The lowest BCUT2D eigenvalue weighted by Crippen LogP contribution is -2.17. The Kier molecular flexibility index (Phi) is 4.41. The molecule has 0 saturated heterocycles. The first-order valence-electron chi connectivity index (χ1n) is 6.26. The summed E-state index contributed by atoms with van der Waals surface area (Å²) in [7, 11) is 0. The van der Waals surface area contributed by atoms with Gasteiger partial charge in [-0.05, 0) is 29.0 Å². The van der Waals surface area contributed by atoms with Crippen LogP contribution in [0.1, 0.15) is 41.4 Å². The Bertz CT molecular complexity index is 556. The highest BCUT2D eigenvalue weighted by atomic mass is 32.1. The quantitative estimate of drug-likeness (QED) is 0.902. The SMILES string of the molecule is CC(C)(C)c1ccc(C(C#N)NCc2cccs2)s1. The highest BCUT2D eigenvalue weighted by Gasteiger charge is 2.19. The maximum Gasteiger partial charge on any atom is 0.130 e. The van der Waals surface area contributed by atoms with E-state index in [0.717, 1.165) is 11.4 Å². The van der Waals surface area contributed by atoms with E-state index in [0.29, 0.717) is 0 Å². The fourth-order valence-corrected chi connectivity index (χ4v) is 3.48. The Hall–Kier alpha value is -1.15. The van der Waals surface area contributed by atoms with E-state index in [4.69, 9.17) is 0 Å². The Morgan fingerprint density at radius 3 is 2.63 bits per heavy atom. The van der Waals surface area contributed by atoms with E-state index in [1.807, 2.05) is 6.07 Å². The molecule has 0 fully saturated rings. The lowest BCUT2D eigenvalue weighted by Gasteiger charge is -2.15. The third-order valence-corrected chi connectivity index (χ3v) is 5.29. The summed E-state index contributed by atoms with van der Waals surface area (Å²) in [6, 6.07) is 10.5. The Morgan fingerprint density at radius 1 is 1.32 bits per heavy atom. The van der Waals surface area contributed by atoms with Crippen molar-refractivity contribution in [3.63, 3.8) is 0 Å². The molecular weight excluding hydrogens is 272 g/mol. The van der Waals surface area contributed by atoms with Gasteiger partial charge < -0.3 is 0 Å². The van der Waals surface area contributed by atoms with Gasteiger partial charge in [-0.2, -0.15) is 5.26 Å². The van der Waals surface area contributed by atoms with Gasteiger partial charge in [-0.15, -0.1) is 22.7 Å². The second-order valence-electron chi connectivity index (χ2n) is 5.47. The van der Waals surface area contributed by atoms with Crippen LogP contribution in [0.5, 0.6) is 0 Å². The normalized spacial score (nSPS) is 13.2. The van der Waals surface area contributed by atoms with E-state index in [2.05, 4.69) is 55.7 Å². The first-order valence-corrected chi connectivity index (χ1v) is 7.96. The minimum atomic E-state index is -0.219. The Morgan fingerprint density at radius 2 is 2.11 bits per heavy atom. The molecule has 2 nitrogen and oxygen atoms in total. The zero-order chi connectivity index (χ0) is 13.9. The monoisotopic (exact) mass is 290 g/mol.